The molecule has 2 aromatic rings. The van der Waals surface area contributed by atoms with Gasteiger partial charge in [-0.25, -0.2) is 9.67 Å². The van der Waals surface area contributed by atoms with Crippen molar-refractivity contribution in [3.8, 4) is 5.88 Å². The van der Waals surface area contributed by atoms with Crippen LogP contribution in [0.25, 0.3) is 0 Å². The number of aryl methyl sites for hydroxylation is 1. The first-order valence-corrected chi connectivity index (χ1v) is 12.8. The topological polar surface area (TPSA) is 221 Å². The van der Waals surface area contributed by atoms with Crippen molar-refractivity contribution in [2.75, 3.05) is 24.3 Å². The fraction of sp³-hybridized carbons (Fsp3) is 0.333. The number of β-lactam (4-membered cyclic amide) rings is 1. The van der Waals surface area contributed by atoms with E-state index in [1.807, 2.05) is 0 Å². The van der Waals surface area contributed by atoms with E-state index >= 15 is 0 Å². The largest absolute Gasteiger partial charge is 1.00 e. The Morgan fingerprint density at radius 1 is 1.34 bits per heavy atom. The summed E-state index contributed by atoms with van der Waals surface area (Å²) < 4.78 is 1.11. The third-order valence-corrected chi connectivity index (χ3v) is 8.08. The molecule has 0 saturated carbocycles. The van der Waals surface area contributed by atoms with Gasteiger partial charge in [-0.2, -0.15) is 10.1 Å². The molecule has 2 aliphatic heterocycles. The summed E-state index contributed by atoms with van der Waals surface area (Å²) in [4.78, 5) is 62.5. The summed E-state index contributed by atoms with van der Waals surface area (Å²) in [6.45, 7) is 0. The number of rotatable bonds is 8. The quantitative estimate of drug-likeness (QED) is 0.0949. The van der Waals surface area contributed by atoms with Crippen molar-refractivity contribution in [3.05, 3.63) is 32.7 Å². The van der Waals surface area contributed by atoms with Crippen LogP contribution in [0.3, 0.4) is 0 Å². The minimum atomic E-state index is -1.57. The SMILES string of the molecule is CO/N=C(\C(=O)N[C@@H]1C(=O)N2C(C(=O)[O-])=C(CSc3nc(=O)c([O-])nn3C)CSC12)c1csc(N)n1.[Na+].[Na+]. The smallest absolute Gasteiger partial charge is 0.854 e. The number of hydrogen-bond acceptors (Lipinski definition) is 15. The first-order valence-electron chi connectivity index (χ1n) is 9.89. The number of fused-ring (bicyclic) bond motifs is 1. The first kappa shape index (κ1) is 32.6. The molecule has 0 spiro atoms. The molecule has 3 N–H and O–H groups in total. The van der Waals surface area contributed by atoms with Crippen LogP contribution < -0.4 is 85.9 Å². The molecule has 1 fully saturated rings. The van der Waals surface area contributed by atoms with Crippen LogP contribution in [0.5, 0.6) is 5.88 Å². The number of thiazole rings is 1. The van der Waals surface area contributed by atoms with Crippen LogP contribution in [0, 0.1) is 0 Å². The van der Waals surface area contributed by atoms with Gasteiger partial charge in [0, 0.05) is 23.9 Å². The summed E-state index contributed by atoms with van der Waals surface area (Å²) in [5, 5.41) is 34.1. The summed E-state index contributed by atoms with van der Waals surface area (Å²) >= 11 is 3.31. The number of aliphatic carboxylic acids is 1. The van der Waals surface area contributed by atoms with Crippen molar-refractivity contribution in [2.45, 2.75) is 16.6 Å². The number of aromatic nitrogens is 4. The molecule has 20 heteroatoms. The van der Waals surface area contributed by atoms with Gasteiger partial charge in [-0.05, 0) is 5.57 Å². The van der Waals surface area contributed by atoms with Crippen molar-refractivity contribution < 1.29 is 88.5 Å². The van der Waals surface area contributed by atoms with Crippen LogP contribution >= 0.6 is 34.9 Å². The van der Waals surface area contributed by atoms with Gasteiger partial charge in [0.15, 0.2) is 16.0 Å². The van der Waals surface area contributed by atoms with E-state index in [4.69, 9.17) is 10.6 Å². The number of nitrogens with one attached hydrogen (secondary N) is 1. The number of thioether (sulfide) groups is 2. The minimum absolute atomic E-state index is 0. The van der Waals surface area contributed by atoms with E-state index in [0.717, 1.165) is 32.7 Å². The summed E-state index contributed by atoms with van der Waals surface area (Å²) in [7, 11) is 2.66. The van der Waals surface area contributed by atoms with Crippen LogP contribution in [-0.2, 0) is 26.3 Å². The summed E-state index contributed by atoms with van der Waals surface area (Å²) in [5.41, 5.74) is 4.57. The molecular formula is C18H16N8Na2O7S3. The fourth-order valence-electron chi connectivity index (χ4n) is 3.39. The van der Waals surface area contributed by atoms with Gasteiger partial charge in [0.05, 0.1) is 17.5 Å². The molecule has 4 rings (SSSR count). The van der Waals surface area contributed by atoms with Gasteiger partial charge >= 0.3 is 59.1 Å². The van der Waals surface area contributed by atoms with Gasteiger partial charge in [-0.3, -0.25) is 19.3 Å². The number of oxime groups is 1. The standard InChI is InChI=1S/C18H18N8O7S3.2Na/c1-25-18(22-12(28)13(29)23-25)36-4-6-3-34-15-9(14(30)26(15)10(6)16(31)32)21-11(27)8(24-33-2)7-5-35-17(19)20-7;;/h5,9,15H,3-4H2,1-2H3,(H2,19,20)(H,21,27)(H,23,29)(H,31,32);;/q;2*+1/p-2/b24-8-;;/t9-,15?;;/m1../s1. The second-order valence-corrected chi connectivity index (χ2v) is 10.1. The Hall–Kier alpha value is -1.64. The third-order valence-electron chi connectivity index (χ3n) is 4.96. The molecular weight excluding hydrogens is 582 g/mol. The van der Waals surface area contributed by atoms with Crippen molar-refractivity contribution >= 4 is 63.5 Å². The Morgan fingerprint density at radius 2 is 2.05 bits per heavy atom. The number of carbonyl (C=O) groups excluding carboxylic acids is 3. The van der Waals surface area contributed by atoms with Gasteiger partial charge in [-0.1, -0.05) is 16.9 Å². The van der Waals surface area contributed by atoms with E-state index in [2.05, 4.69) is 25.5 Å². The molecule has 4 heterocycles. The molecule has 38 heavy (non-hydrogen) atoms. The number of nitrogen functional groups attached to an aromatic ring is 1. The third kappa shape index (κ3) is 6.56. The number of carbonyl (C=O) groups is 3. The zero-order valence-electron chi connectivity index (χ0n) is 20.5. The normalized spacial score (nSPS) is 18.5. The zero-order valence-corrected chi connectivity index (χ0v) is 26.9. The van der Waals surface area contributed by atoms with Gasteiger partial charge in [0.1, 0.15) is 24.2 Å². The van der Waals surface area contributed by atoms with E-state index in [1.165, 1.54) is 31.3 Å². The van der Waals surface area contributed by atoms with E-state index in [0.29, 0.717) is 5.57 Å². The van der Waals surface area contributed by atoms with Crippen LogP contribution in [-0.4, -0.2) is 78.2 Å². The van der Waals surface area contributed by atoms with Crippen molar-refractivity contribution in [3.63, 3.8) is 0 Å². The van der Waals surface area contributed by atoms with E-state index < -0.39 is 40.6 Å². The maximum absolute atomic E-state index is 12.9. The molecule has 15 nitrogen and oxygen atoms in total. The van der Waals surface area contributed by atoms with Crippen LogP contribution in [0.2, 0.25) is 0 Å². The molecule has 0 aromatic carbocycles. The predicted molar refractivity (Wildman–Crippen MR) is 125 cm³/mol. The van der Waals surface area contributed by atoms with E-state index in [-0.39, 0.29) is 98.0 Å². The number of carboxylic acids is 1. The van der Waals surface area contributed by atoms with E-state index in [9.17, 15) is 29.4 Å². The Morgan fingerprint density at radius 3 is 2.66 bits per heavy atom. The Kier molecular flexibility index (Phi) is 11.7. The summed E-state index contributed by atoms with van der Waals surface area (Å²) in [6, 6.07) is -1.03. The second kappa shape index (κ2) is 13.6. The van der Waals surface area contributed by atoms with Gasteiger partial charge in [0.25, 0.3) is 17.4 Å². The number of amides is 2. The second-order valence-electron chi connectivity index (χ2n) is 7.21. The molecule has 0 aliphatic carbocycles. The maximum Gasteiger partial charge on any atom is 1.00 e. The average Bonchev–Trinajstić information content (AvgIpc) is 3.27. The maximum atomic E-state index is 12.9. The molecule has 2 atom stereocenters. The number of hydrogen-bond donors (Lipinski definition) is 2. The van der Waals surface area contributed by atoms with Crippen LogP contribution in [0.1, 0.15) is 5.69 Å². The Bertz CT molecular complexity index is 1380. The minimum Gasteiger partial charge on any atom is -0.854 e. The van der Waals surface area contributed by atoms with Gasteiger partial charge in [0.2, 0.25) is 0 Å². The van der Waals surface area contributed by atoms with Crippen LogP contribution in [0.4, 0.5) is 5.13 Å². The molecule has 2 aromatic heterocycles. The molecule has 2 amide bonds. The molecule has 0 bridgehead atoms. The van der Waals surface area contributed by atoms with Crippen molar-refractivity contribution in [2.24, 2.45) is 12.2 Å². The summed E-state index contributed by atoms with van der Waals surface area (Å²) in [6.07, 6.45) is 0. The first-order chi connectivity index (χ1) is 17.1. The monoisotopic (exact) mass is 598 g/mol. The fourth-order valence-corrected chi connectivity index (χ4v) is 6.33. The number of nitrogens with two attached hydrogens (primary N) is 1. The predicted octanol–water partition coefficient (Wildman–Crippen LogP) is -9.16. The number of nitrogens with zero attached hydrogens (tertiary/aromatic N) is 6. The Balaban J connectivity index is 0.00000253. The van der Waals surface area contributed by atoms with Crippen molar-refractivity contribution in [1.29, 1.82) is 0 Å². The zero-order chi connectivity index (χ0) is 26.1. The Labute approximate surface area is 271 Å². The van der Waals surface area contributed by atoms with E-state index in [1.54, 1.807) is 0 Å². The molecule has 1 saturated heterocycles. The number of anilines is 1. The summed E-state index contributed by atoms with van der Waals surface area (Å²) in [5.74, 6) is -3.74. The van der Waals surface area contributed by atoms with Crippen molar-refractivity contribution in [1.82, 2.24) is 30.0 Å². The average molecular weight is 599 g/mol. The van der Waals surface area contributed by atoms with Gasteiger partial charge < -0.3 is 30.9 Å². The molecule has 190 valence electrons. The van der Waals surface area contributed by atoms with Crippen LogP contribution in [0.15, 0.2) is 31.8 Å². The molecule has 0 radical (unpaired) electrons. The molecule has 2 aliphatic rings. The van der Waals surface area contributed by atoms with Gasteiger partial charge in [-0.15, -0.1) is 23.1 Å². The molecule has 1 unspecified atom stereocenters. The number of carboxylic acid groups (broad SMARTS) is 1.